The van der Waals surface area contributed by atoms with Crippen LogP contribution in [0, 0.1) is 0 Å². The minimum absolute atomic E-state index is 0.376. The summed E-state index contributed by atoms with van der Waals surface area (Å²) < 4.78 is 5.43. The number of benzene rings is 1. The summed E-state index contributed by atoms with van der Waals surface area (Å²) in [5, 5.41) is 8.85. The molecule has 0 amide bonds. The monoisotopic (exact) mass is 219 g/mol. The molecule has 4 heteroatoms. The molecule has 1 aromatic carbocycles. The first kappa shape index (κ1) is 10.9. The molecule has 0 aliphatic carbocycles. The molecular formula is C12H13NO3. The Bertz CT molecular complexity index is 442. The van der Waals surface area contributed by atoms with E-state index in [0.717, 1.165) is 11.1 Å². The number of nitrogens with two attached hydrogens (primary N) is 1. The maximum Gasteiger partial charge on any atom is 0.323 e. The summed E-state index contributed by atoms with van der Waals surface area (Å²) in [5.41, 5.74) is 8.14. The summed E-state index contributed by atoms with van der Waals surface area (Å²) in [6, 6.07) is 6.57. The number of aliphatic carboxylic acids is 1. The molecule has 1 aliphatic rings. The van der Waals surface area contributed by atoms with Gasteiger partial charge in [-0.05, 0) is 16.7 Å². The maximum atomic E-state index is 10.8. The largest absolute Gasteiger partial charge is 0.480 e. The van der Waals surface area contributed by atoms with Crippen LogP contribution in [0.5, 0.6) is 0 Å². The fourth-order valence-electron chi connectivity index (χ4n) is 1.84. The van der Waals surface area contributed by atoms with Crippen LogP contribution >= 0.6 is 0 Å². The molecule has 3 N–H and O–H groups in total. The Labute approximate surface area is 93.3 Å². The Morgan fingerprint density at radius 2 is 2.25 bits per heavy atom. The molecule has 16 heavy (non-hydrogen) atoms. The zero-order chi connectivity index (χ0) is 11.7. The van der Waals surface area contributed by atoms with E-state index in [4.69, 9.17) is 15.6 Å². The number of carboxylic acids is 1. The number of carbonyl (C=O) groups is 1. The molecule has 1 heterocycles. The van der Waals surface area contributed by atoms with Crippen LogP contribution in [0.4, 0.5) is 0 Å². The van der Waals surface area contributed by atoms with E-state index >= 15 is 0 Å². The van der Waals surface area contributed by atoms with Gasteiger partial charge in [0.2, 0.25) is 0 Å². The maximum absolute atomic E-state index is 10.8. The minimum Gasteiger partial charge on any atom is -0.480 e. The van der Waals surface area contributed by atoms with Crippen LogP contribution in [0.1, 0.15) is 11.1 Å². The normalized spacial score (nSPS) is 21.3. The van der Waals surface area contributed by atoms with Crippen LogP contribution < -0.4 is 5.73 Å². The zero-order valence-corrected chi connectivity index (χ0v) is 8.72. The highest BCUT2D eigenvalue weighted by Gasteiger charge is 2.31. The van der Waals surface area contributed by atoms with E-state index in [1.54, 1.807) is 0 Å². The van der Waals surface area contributed by atoms with E-state index in [1.165, 1.54) is 0 Å². The lowest BCUT2D eigenvalue weighted by atomic mass is 9.91. The highest BCUT2D eigenvalue weighted by Crippen LogP contribution is 2.30. The summed E-state index contributed by atoms with van der Waals surface area (Å²) in [6.45, 7) is 4.25. The van der Waals surface area contributed by atoms with E-state index in [0.29, 0.717) is 12.2 Å². The number of carboxylic acid groups (broad SMARTS) is 1. The minimum atomic E-state index is -1.08. The van der Waals surface area contributed by atoms with Crippen LogP contribution in [0.3, 0.4) is 0 Å². The van der Waals surface area contributed by atoms with Gasteiger partial charge in [0.15, 0.2) is 0 Å². The number of ether oxygens (including phenoxy) is 1. The van der Waals surface area contributed by atoms with Crippen LogP contribution in [-0.2, 0) is 16.1 Å². The third kappa shape index (κ3) is 1.73. The lowest BCUT2D eigenvalue weighted by Gasteiger charge is -2.29. The van der Waals surface area contributed by atoms with E-state index in [1.807, 2.05) is 24.3 Å². The average Bonchev–Trinajstić information content (AvgIpc) is 2.29. The quantitative estimate of drug-likeness (QED) is 0.778. The zero-order valence-electron chi connectivity index (χ0n) is 8.72. The van der Waals surface area contributed by atoms with E-state index in [2.05, 4.69) is 6.58 Å². The van der Waals surface area contributed by atoms with Crippen molar-refractivity contribution in [2.24, 2.45) is 5.73 Å². The van der Waals surface area contributed by atoms with E-state index in [9.17, 15) is 4.79 Å². The van der Waals surface area contributed by atoms with Gasteiger partial charge in [-0.3, -0.25) is 4.79 Å². The molecule has 0 saturated carbocycles. The number of hydrogen-bond donors (Lipinski definition) is 2. The second-order valence-electron chi connectivity index (χ2n) is 3.78. The molecule has 4 nitrogen and oxygen atoms in total. The van der Waals surface area contributed by atoms with Gasteiger partial charge in [0, 0.05) is 0 Å². The fourth-order valence-corrected chi connectivity index (χ4v) is 1.84. The molecule has 0 spiro atoms. The molecule has 2 rings (SSSR count). The van der Waals surface area contributed by atoms with Crippen LogP contribution in [0.25, 0.3) is 5.57 Å². The Kier molecular flexibility index (Phi) is 2.77. The van der Waals surface area contributed by atoms with Crippen molar-refractivity contribution in [3.8, 4) is 0 Å². The Balaban J connectivity index is 2.31. The Morgan fingerprint density at radius 3 is 2.94 bits per heavy atom. The van der Waals surface area contributed by atoms with Gasteiger partial charge < -0.3 is 15.6 Å². The first-order valence-electron chi connectivity index (χ1n) is 4.98. The second-order valence-corrected chi connectivity index (χ2v) is 3.78. The van der Waals surface area contributed by atoms with Crippen molar-refractivity contribution in [2.45, 2.75) is 18.8 Å². The van der Waals surface area contributed by atoms with Crippen LogP contribution in [-0.4, -0.2) is 23.2 Å². The van der Waals surface area contributed by atoms with Crippen molar-refractivity contribution in [3.05, 3.63) is 42.0 Å². The van der Waals surface area contributed by atoms with Gasteiger partial charge >= 0.3 is 5.97 Å². The SMILES string of the molecule is C=C1c2ccccc2COC1[C@@H](N)C(=O)O. The molecule has 0 aromatic heterocycles. The van der Waals surface area contributed by atoms with E-state index < -0.39 is 18.1 Å². The molecule has 1 unspecified atom stereocenters. The number of fused-ring (bicyclic) bond motifs is 1. The second kappa shape index (κ2) is 4.08. The molecule has 0 fully saturated rings. The standard InChI is InChI=1S/C12H13NO3/c1-7-9-5-3-2-4-8(9)6-16-11(7)10(13)12(14)15/h2-5,10-11H,1,6,13H2,(H,14,15)/t10-,11?/m1/s1. The van der Waals surface area contributed by atoms with Crippen molar-refractivity contribution in [1.82, 2.24) is 0 Å². The molecule has 1 aromatic rings. The van der Waals surface area contributed by atoms with E-state index in [-0.39, 0.29) is 0 Å². The van der Waals surface area contributed by atoms with Gasteiger partial charge in [-0.15, -0.1) is 0 Å². The van der Waals surface area contributed by atoms with Crippen molar-refractivity contribution in [1.29, 1.82) is 0 Å². The fraction of sp³-hybridized carbons (Fsp3) is 0.250. The molecular weight excluding hydrogens is 206 g/mol. The smallest absolute Gasteiger partial charge is 0.323 e. The topological polar surface area (TPSA) is 72.5 Å². The summed E-state index contributed by atoms with van der Waals surface area (Å²) in [5.74, 6) is -1.08. The van der Waals surface area contributed by atoms with Crippen molar-refractivity contribution >= 4 is 11.5 Å². The van der Waals surface area contributed by atoms with Crippen LogP contribution in [0.15, 0.2) is 30.8 Å². The molecule has 2 atom stereocenters. The van der Waals surface area contributed by atoms with Gasteiger partial charge in [0.25, 0.3) is 0 Å². The summed E-state index contributed by atoms with van der Waals surface area (Å²) in [7, 11) is 0. The number of hydrogen-bond acceptors (Lipinski definition) is 3. The predicted molar refractivity (Wildman–Crippen MR) is 59.7 cm³/mol. The average molecular weight is 219 g/mol. The van der Waals surface area contributed by atoms with Gasteiger partial charge in [0.1, 0.15) is 12.1 Å². The lowest BCUT2D eigenvalue weighted by molar-refractivity contribution is -0.141. The lowest BCUT2D eigenvalue weighted by Crippen LogP contribution is -2.45. The Hall–Kier alpha value is -1.65. The summed E-state index contributed by atoms with van der Waals surface area (Å²) in [6.07, 6.45) is -0.646. The van der Waals surface area contributed by atoms with Gasteiger partial charge in [-0.2, -0.15) is 0 Å². The highest BCUT2D eigenvalue weighted by molar-refractivity contribution is 5.81. The summed E-state index contributed by atoms with van der Waals surface area (Å²) >= 11 is 0. The molecule has 1 aliphatic heterocycles. The first-order valence-corrected chi connectivity index (χ1v) is 4.98. The molecule has 0 radical (unpaired) electrons. The molecule has 0 bridgehead atoms. The van der Waals surface area contributed by atoms with Gasteiger partial charge in [-0.1, -0.05) is 30.8 Å². The molecule has 0 saturated heterocycles. The predicted octanol–water partition coefficient (Wildman–Crippen LogP) is 1.01. The Morgan fingerprint density at radius 1 is 1.56 bits per heavy atom. The third-order valence-electron chi connectivity index (χ3n) is 2.74. The van der Waals surface area contributed by atoms with Crippen LogP contribution in [0.2, 0.25) is 0 Å². The van der Waals surface area contributed by atoms with Crippen molar-refractivity contribution < 1.29 is 14.6 Å². The first-order chi connectivity index (χ1) is 7.61. The number of rotatable bonds is 2. The van der Waals surface area contributed by atoms with Crippen molar-refractivity contribution in [3.63, 3.8) is 0 Å². The third-order valence-corrected chi connectivity index (χ3v) is 2.74. The molecule has 84 valence electrons. The van der Waals surface area contributed by atoms with Crippen molar-refractivity contribution in [2.75, 3.05) is 0 Å². The highest BCUT2D eigenvalue weighted by atomic mass is 16.5. The van der Waals surface area contributed by atoms with Gasteiger partial charge in [0.05, 0.1) is 6.61 Å². The summed E-state index contributed by atoms with van der Waals surface area (Å²) in [4.78, 5) is 10.8. The van der Waals surface area contributed by atoms with Gasteiger partial charge in [-0.25, -0.2) is 0 Å².